The lowest BCUT2D eigenvalue weighted by Crippen LogP contribution is -2.28. The van der Waals surface area contributed by atoms with Crippen LogP contribution < -0.4 is 9.47 Å². The molecule has 0 unspecified atom stereocenters. The number of halogens is 1. The minimum Gasteiger partial charge on any atom is -0.335 e. The van der Waals surface area contributed by atoms with Gasteiger partial charge >= 0.3 is 0 Å². The second-order valence-corrected chi connectivity index (χ2v) is 13.7. The van der Waals surface area contributed by atoms with E-state index >= 15 is 0 Å². The molecule has 5 rings (SSSR count). The van der Waals surface area contributed by atoms with Gasteiger partial charge in [0.15, 0.2) is 0 Å². The van der Waals surface area contributed by atoms with Gasteiger partial charge in [0.1, 0.15) is 11.7 Å². The van der Waals surface area contributed by atoms with Crippen molar-refractivity contribution >= 4 is 56.7 Å². The van der Waals surface area contributed by atoms with E-state index in [1.54, 1.807) is 0 Å². The van der Waals surface area contributed by atoms with Crippen LogP contribution in [-0.4, -0.2) is 6.54 Å². The van der Waals surface area contributed by atoms with Crippen LogP contribution in [0.1, 0.15) is 89.0 Å². The molecule has 0 atom stereocenters. The fourth-order valence-electron chi connectivity index (χ4n) is 5.78. The molecule has 0 amide bonds. The number of aryl methyl sites for hydroxylation is 1. The number of hydrogen-bond acceptors (Lipinski definition) is 3. The summed E-state index contributed by atoms with van der Waals surface area (Å²) >= 11 is 10.6. The summed E-state index contributed by atoms with van der Waals surface area (Å²) < 4.78 is 3.57. The summed E-state index contributed by atoms with van der Waals surface area (Å²) in [4.78, 5) is 3.88. The fraction of sp³-hybridized carbons (Fsp3) is 0.417. The Kier molecular flexibility index (Phi) is 11.2. The van der Waals surface area contributed by atoms with E-state index in [1.165, 1.54) is 106 Å². The quantitative estimate of drug-likeness (QED) is 0.134. The first-order valence-electron chi connectivity index (χ1n) is 15.6. The van der Waals surface area contributed by atoms with Crippen molar-refractivity contribution in [1.82, 2.24) is 0 Å². The average Bonchev–Trinajstić information content (AvgIpc) is 3.64. The third-order valence-corrected chi connectivity index (χ3v) is 11.0. The van der Waals surface area contributed by atoms with Crippen molar-refractivity contribution in [2.75, 3.05) is 11.4 Å². The smallest absolute Gasteiger partial charge is 0.262 e. The van der Waals surface area contributed by atoms with Gasteiger partial charge in [-0.1, -0.05) is 136 Å². The van der Waals surface area contributed by atoms with Gasteiger partial charge in [-0.2, -0.15) is 4.57 Å². The number of unbranched alkanes of at least 4 members (excludes halogenated alkanes) is 9. The first-order chi connectivity index (χ1) is 20.2. The highest BCUT2D eigenvalue weighted by molar-refractivity contribution is 8.03. The van der Waals surface area contributed by atoms with Crippen molar-refractivity contribution in [3.05, 3.63) is 93.0 Å². The Bertz CT molecular complexity index is 1440. The number of para-hydroxylation sites is 2. The molecule has 3 aromatic rings. The maximum absolute atomic E-state index is 6.93. The van der Waals surface area contributed by atoms with E-state index in [2.05, 4.69) is 96.3 Å². The van der Waals surface area contributed by atoms with E-state index in [9.17, 15) is 0 Å². The number of thioether (sulfide) groups is 1. The number of benzene rings is 2. The Morgan fingerprint density at radius 1 is 0.829 bits per heavy atom. The van der Waals surface area contributed by atoms with Crippen LogP contribution >= 0.6 is 34.7 Å². The minimum absolute atomic E-state index is 0.920. The average molecular weight is 604 g/mol. The SMILES string of the molecule is CCCCCCCCCCCCN1/C(=C/C=C2CCC(/C=C/c3sc4ccccc4[n+]3C)=C2Cl)Sc2ccccc21. The highest BCUT2D eigenvalue weighted by Gasteiger charge is 2.24. The van der Waals surface area contributed by atoms with Crippen molar-refractivity contribution in [3.8, 4) is 0 Å². The third kappa shape index (κ3) is 7.77. The first-order valence-corrected chi connectivity index (χ1v) is 17.6. The molecule has 216 valence electrons. The molecule has 0 N–H and O–H groups in total. The number of thiazole rings is 1. The van der Waals surface area contributed by atoms with Crippen LogP contribution in [-0.2, 0) is 7.05 Å². The van der Waals surface area contributed by atoms with Crippen LogP contribution in [0.4, 0.5) is 5.69 Å². The zero-order valence-electron chi connectivity index (χ0n) is 24.7. The molecule has 0 saturated carbocycles. The molecule has 5 heteroatoms. The Morgan fingerprint density at radius 2 is 1.54 bits per heavy atom. The summed E-state index contributed by atoms with van der Waals surface area (Å²) in [6, 6.07) is 17.4. The van der Waals surface area contributed by atoms with Crippen LogP contribution in [0.2, 0.25) is 0 Å². The van der Waals surface area contributed by atoms with Gasteiger partial charge in [-0.3, -0.25) is 0 Å². The highest BCUT2D eigenvalue weighted by atomic mass is 35.5. The van der Waals surface area contributed by atoms with E-state index in [4.69, 9.17) is 11.6 Å². The van der Waals surface area contributed by atoms with Crippen LogP contribution in [0.5, 0.6) is 0 Å². The lowest BCUT2D eigenvalue weighted by molar-refractivity contribution is -0.642. The lowest BCUT2D eigenvalue weighted by atomic mass is 10.1. The van der Waals surface area contributed by atoms with Gasteiger partial charge in [-0.25, -0.2) is 0 Å². The third-order valence-electron chi connectivity index (χ3n) is 8.23. The van der Waals surface area contributed by atoms with Crippen molar-refractivity contribution in [3.63, 3.8) is 0 Å². The van der Waals surface area contributed by atoms with Gasteiger partial charge in [-0.05, 0) is 54.7 Å². The number of fused-ring (bicyclic) bond motifs is 2. The standard InChI is InChI=1S/C36H44ClN2S2/c1-3-4-5-6-7-8-9-10-11-16-27-39-31-18-13-15-20-33(31)41-35(39)26-24-29-22-21-28(36(29)37)23-25-34-38(2)30-17-12-14-19-32(30)40-34/h12-15,17-20,23-26H,3-11,16,21-22,27H2,1-2H3/q+1. The van der Waals surface area contributed by atoms with Crippen molar-refractivity contribution in [2.24, 2.45) is 7.05 Å². The molecule has 0 radical (unpaired) electrons. The molecule has 0 bridgehead atoms. The molecule has 1 aromatic heterocycles. The van der Waals surface area contributed by atoms with Gasteiger partial charge < -0.3 is 4.90 Å². The maximum atomic E-state index is 6.93. The lowest BCUT2D eigenvalue weighted by Gasteiger charge is -2.20. The zero-order chi connectivity index (χ0) is 28.4. The summed E-state index contributed by atoms with van der Waals surface area (Å²) in [5.41, 5.74) is 5.10. The topological polar surface area (TPSA) is 7.12 Å². The number of rotatable bonds is 14. The fourth-order valence-corrected chi connectivity index (χ4v) is 8.24. The van der Waals surface area contributed by atoms with Gasteiger partial charge in [0.05, 0.1) is 10.7 Å². The van der Waals surface area contributed by atoms with E-state index in [-0.39, 0.29) is 0 Å². The summed E-state index contributed by atoms with van der Waals surface area (Å²) in [6.45, 7) is 3.37. The van der Waals surface area contributed by atoms with Crippen LogP contribution in [0.3, 0.4) is 0 Å². The zero-order valence-corrected chi connectivity index (χ0v) is 27.1. The number of aromatic nitrogens is 1. The molecule has 2 aliphatic rings. The summed E-state index contributed by atoms with van der Waals surface area (Å²) in [6.07, 6.45) is 24.7. The normalized spacial score (nSPS) is 17.3. The number of nitrogens with zero attached hydrogens (tertiary/aromatic N) is 2. The van der Waals surface area contributed by atoms with Crippen LogP contribution in [0, 0.1) is 0 Å². The maximum Gasteiger partial charge on any atom is 0.262 e. The monoisotopic (exact) mass is 603 g/mol. The van der Waals surface area contributed by atoms with Crippen LogP contribution in [0.15, 0.2) is 92.9 Å². The number of allylic oxidation sites excluding steroid dienone is 6. The van der Waals surface area contributed by atoms with Crippen molar-refractivity contribution < 1.29 is 4.57 Å². The van der Waals surface area contributed by atoms with Gasteiger partial charge in [0, 0.05) is 28.6 Å². The second-order valence-electron chi connectivity index (χ2n) is 11.2. The number of anilines is 1. The minimum atomic E-state index is 0.920. The Labute approximate surface area is 260 Å². The van der Waals surface area contributed by atoms with E-state index in [0.29, 0.717) is 0 Å². The molecular weight excluding hydrogens is 560 g/mol. The molecule has 2 heterocycles. The first kappa shape index (κ1) is 30.2. The molecule has 0 fully saturated rings. The van der Waals surface area contributed by atoms with Crippen molar-refractivity contribution in [1.29, 1.82) is 0 Å². The Balaban J connectivity index is 1.19. The van der Waals surface area contributed by atoms with E-state index in [1.807, 2.05) is 23.1 Å². The molecule has 2 nitrogen and oxygen atoms in total. The summed E-state index contributed by atoms with van der Waals surface area (Å²) in [5.74, 6) is 0. The highest BCUT2D eigenvalue weighted by Crippen LogP contribution is 2.46. The van der Waals surface area contributed by atoms with Gasteiger partial charge in [0.25, 0.3) is 5.01 Å². The molecule has 1 aliphatic heterocycles. The predicted octanol–water partition coefficient (Wildman–Crippen LogP) is 11.3. The summed E-state index contributed by atoms with van der Waals surface area (Å²) in [7, 11) is 2.14. The Morgan fingerprint density at radius 3 is 2.32 bits per heavy atom. The number of hydrogen-bond donors (Lipinski definition) is 0. The summed E-state index contributed by atoms with van der Waals surface area (Å²) in [5, 5.41) is 3.48. The van der Waals surface area contributed by atoms with Gasteiger partial charge in [-0.15, -0.1) is 0 Å². The van der Waals surface area contributed by atoms with Gasteiger partial charge in [0.2, 0.25) is 5.52 Å². The van der Waals surface area contributed by atoms with E-state index in [0.717, 1.165) is 24.4 Å². The molecule has 2 aromatic carbocycles. The van der Waals surface area contributed by atoms with Crippen LogP contribution in [0.25, 0.3) is 16.3 Å². The predicted molar refractivity (Wildman–Crippen MR) is 182 cm³/mol. The second kappa shape index (κ2) is 15.3. The van der Waals surface area contributed by atoms with Crippen molar-refractivity contribution in [2.45, 2.75) is 88.9 Å². The molecular formula is C36H44ClN2S2+. The largest absolute Gasteiger partial charge is 0.335 e. The van der Waals surface area contributed by atoms with E-state index < -0.39 is 0 Å². The molecule has 0 saturated heterocycles. The molecule has 0 spiro atoms. The molecule has 1 aliphatic carbocycles. The molecule has 41 heavy (non-hydrogen) atoms. The Hall–Kier alpha value is -2.27.